The van der Waals surface area contributed by atoms with Gasteiger partial charge < -0.3 is 0 Å². The minimum Gasteiger partial charge on any atom is -0.264 e. The molecule has 2 rings (SSSR count). The van der Waals surface area contributed by atoms with Crippen LogP contribution in [0.2, 0.25) is 0 Å². The highest BCUT2D eigenvalue weighted by Gasteiger charge is 2.34. The van der Waals surface area contributed by atoms with E-state index < -0.39 is 10.0 Å². The van der Waals surface area contributed by atoms with Crippen molar-refractivity contribution in [3.63, 3.8) is 0 Å². The van der Waals surface area contributed by atoms with Crippen molar-refractivity contribution in [2.45, 2.75) is 18.9 Å². The third-order valence-corrected chi connectivity index (χ3v) is 5.02. The Hall–Kier alpha value is -0.650. The monoisotopic (exact) mass is 260 g/mol. The number of pyridine rings is 1. The Labute approximate surface area is 100 Å². The molecule has 0 N–H and O–H groups in total. The van der Waals surface area contributed by atoms with Crippen molar-refractivity contribution in [3.8, 4) is 0 Å². The fraction of sp³-hybridized carbons (Fsp3) is 0.500. The van der Waals surface area contributed by atoms with Crippen LogP contribution in [0.1, 0.15) is 24.4 Å². The van der Waals surface area contributed by atoms with Gasteiger partial charge in [0.2, 0.25) is 10.0 Å². The van der Waals surface area contributed by atoms with Gasteiger partial charge in [-0.25, -0.2) is 8.42 Å². The van der Waals surface area contributed by atoms with Crippen LogP contribution in [0.5, 0.6) is 0 Å². The molecular weight excluding hydrogens is 248 g/mol. The van der Waals surface area contributed by atoms with Crippen molar-refractivity contribution >= 4 is 21.6 Å². The Morgan fingerprint density at radius 1 is 1.56 bits per heavy atom. The zero-order valence-corrected chi connectivity index (χ0v) is 10.3. The van der Waals surface area contributed by atoms with E-state index in [1.54, 1.807) is 12.4 Å². The summed E-state index contributed by atoms with van der Waals surface area (Å²) in [5, 5.41) is -0.357. The van der Waals surface area contributed by atoms with Crippen LogP contribution in [0, 0.1) is 0 Å². The minimum absolute atomic E-state index is 0.0996. The molecule has 0 amide bonds. The van der Waals surface area contributed by atoms with Crippen molar-refractivity contribution in [2.24, 2.45) is 0 Å². The van der Waals surface area contributed by atoms with Gasteiger partial charge in [-0.1, -0.05) is 6.07 Å². The molecule has 1 aliphatic heterocycles. The number of hydrogen-bond donors (Lipinski definition) is 0. The summed E-state index contributed by atoms with van der Waals surface area (Å²) in [4.78, 5) is 4.02. The van der Waals surface area contributed by atoms with Crippen LogP contribution in [0.25, 0.3) is 0 Å². The van der Waals surface area contributed by atoms with Gasteiger partial charge in [0.1, 0.15) is 5.21 Å². The van der Waals surface area contributed by atoms with Crippen LogP contribution in [-0.4, -0.2) is 29.5 Å². The Kier molecular flexibility index (Phi) is 3.47. The van der Waals surface area contributed by atoms with Gasteiger partial charge in [0.25, 0.3) is 0 Å². The summed E-state index contributed by atoms with van der Waals surface area (Å²) in [6, 6.07) is 3.62. The van der Waals surface area contributed by atoms with E-state index in [1.807, 2.05) is 12.1 Å². The number of rotatable bonds is 3. The summed E-state index contributed by atoms with van der Waals surface area (Å²) in [5.41, 5.74) is 0.939. The summed E-state index contributed by atoms with van der Waals surface area (Å²) >= 11 is 5.48. The molecule has 0 aromatic carbocycles. The molecule has 0 bridgehead atoms. The van der Waals surface area contributed by atoms with Crippen LogP contribution < -0.4 is 0 Å². The molecule has 1 saturated heterocycles. The first-order valence-corrected chi connectivity index (χ1v) is 7.25. The fourth-order valence-electron chi connectivity index (χ4n) is 2.04. The Morgan fingerprint density at radius 2 is 2.38 bits per heavy atom. The number of aromatic nitrogens is 1. The fourth-order valence-corrected chi connectivity index (χ4v) is 3.57. The topological polar surface area (TPSA) is 50.3 Å². The predicted molar refractivity (Wildman–Crippen MR) is 62.6 cm³/mol. The van der Waals surface area contributed by atoms with Gasteiger partial charge >= 0.3 is 0 Å². The number of hydrogen-bond acceptors (Lipinski definition) is 3. The zero-order chi connectivity index (χ0) is 11.6. The lowest BCUT2D eigenvalue weighted by Gasteiger charge is -2.22. The molecular formula is C10H13ClN2O2S. The van der Waals surface area contributed by atoms with Crippen LogP contribution in [0.15, 0.2) is 24.5 Å². The molecule has 1 aliphatic rings. The number of sulfonamides is 1. The maximum Gasteiger partial charge on any atom is 0.228 e. The molecule has 1 fully saturated rings. The molecule has 0 saturated carbocycles. The van der Waals surface area contributed by atoms with E-state index in [9.17, 15) is 8.42 Å². The van der Waals surface area contributed by atoms with Crippen molar-refractivity contribution in [2.75, 3.05) is 11.8 Å². The summed E-state index contributed by atoms with van der Waals surface area (Å²) in [7, 11) is -3.32. The highest BCUT2D eigenvalue weighted by atomic mass is 35.5. The molecule has 16 heavy (non-hydrogen) atoms. The Bertz CT molecular complexity index is 449. The minimum atomic E-state index is -3.32. The zero-order valence-electron chi connectivity index (χ0n) is 8.71. The van der Waals surface area contributed by atoms with E-state index in [2.05, 4.69) is 4.98 Å². The van der Waals surface area contributed by atoms with Crippen LogP contribution in [-0.2, 0) is 10.0 Å². The van der Waals surface area contributed by atoms with Gasteiger partial charge in [-0.2, -0.15) is 4.31 Å². The van der Waals surface area contributed by atoms with Crippen molar-refractivity contribution in [1.82, 2.24) is 9.29 Å². The van der Waals surface area contributed by atoms with Gasteiger partial charge in [0.05, 0.1) is 6.04 Å². The molecule has 0 aliphatic carbocycles. The van der Waals surface area contributed by atoms with E-state index in [0.29, 0.717) is 6.54 Å². The first-order valence-electron chi connectivity index (χ1n) is 5.10. The van der Waals surface area contributed by atoms with Crippen molar-refractivity contribution in [3.05, 3.63) is 30.1 Å². The second-order valence-corrected chi connectivity index (χ2v) is 6.28. The first-order chi connectivity index (χ1) is 7.65. The Balaban J connectivity index is 2.29. The molecule has 0 radical (unpaired) electrons. The lowest BCUT2D eigenvalue weighted by atomic mass is 10.1. The van der Waals surface area contributed by atoms with E-state index in [0.717, 1.165) is 18.4 Å². The second-order valence-electron chi connectivity index (χ2n) is 3.78. The van der Waals surface area contributed by atoms with Crippen LogP contribution in [0.4, 0.5) is 0 Å². The standard InChI is InChI=1S/C10H13ClN2O2S/c11-8-16(14,15)13-6-2-4-10(13)9-3-1-5-12-7-9/h1,3,5,7,10H,2,4,6,8H2. The SMILES string of the molecule is O=S(=O)(CCl)N1CCCC1c1cccnc1. The summed E-state index contributed by atoms with van der Waals surface area (Å²) in [5.74, 6) is 0. The van der Waals surface area contributed by atoms with E-state index in [-0.39, 0.29) is 11.3 Å². The van der Waals surface area contributed by atoms with Gasteiger partial charge in [-0.05, 0) is 24.5 Å². The largest absolute Gasteiger partial charge is 0.264 e. The quantitative estimate of drug-likeness (QED) is 0.778. The molecule has 6 heteroatoms. The number of alkyl halides is 1. The third kappa shape index (κ3) is 2.21. The molecule has 1 atom stereocenters. The lowest BCUT2D eigenvalue weighted by molar-refractivity contribution is 0.399. The van der Waals surface area contributed by atoms with Gasteiger partial charge in [0.15, 0.2) is 0 Å². The van der Waals surface area contributed by atoms with Crippen molar-refractivity contribution in [1.29, 1.82) is 0 Å². The predicted octanol–water partition coefficient (Wildman–Crippen LogP) is 1.74. The van der Waals surface area contributed by atoms with Crippen LogP contribution >= 0.6 is 11.6 Å². The summed E-state index contributed by atoms with van der Waals surface area (Å²) in [6.45, 7) is 0.550. The Morgan fingerprint density at radius 3 is 3.00 bits per heavy atom. The molecule has 0 spiro atoms. The lowest BCUT2D eigenvalue weighted by Crippen LogP contribution is -2.31. The van der Waals surface area contributed by atoms with E-state index >= 15 is 0 Å². The average Bonchev–Trinajstić information content (AvgIpc) is 2.80. The maximum atomic E-state index is 11.8. The third-order valence-electron chi connectivity index (χ3n) is 2.77. The number of nitrogens with zero attached hydrogens (tertiary/aromatic N) is 2. The average molecular weight is 261 g/mol. The maximum absolute atomic E-state index is 11.8. The normalized spacial score (nSPS) is 22.4. The first kappa shape index (κ1) is 11.8. The highest BCUT2D eigenvalue weighted by Crippen LogP contribution is 2.33. The summed E-state index contributed by atoms with van der Waals surface area (Å²) in [6.07, 6.45) is 5.10. The molecule has 1 aromatic rings. The molecule has 1 aromatic heterocycles. The van der Waals surface area contributed by atoms with Gasteiger partial charge in [0, 0.05) is 18.9 Å². The summed E-state index contributed by atoms with van der Waals surface area (Å²) < 4.78 is 25.0. The van der Waals surface area contributed by atoms with E-state index in [1.165, 1.54) is 4.31 Å². The highest BCUT2D eigenvalue weighted by molar-refractivity contribution is 7.90. The second kappa shape index (κ2) is 4.69. The van der Waals surface area contributed by atoms with Gasteiger partial charge in [-0.3, -0.25) is 4.98 Å². The molecule has 1 unspecified atom stereocenters. The molecule has 88 valence electrons. The van der Waals surface area contributed by atoms with Gasteiger partial charge in [-0.15, -0.1) is 11.6 Å². The molecule has 4 nitrogen and oxygen atoms in total. The smallest absolute Gasteiger partial charge is 0.228 e. The van der Waals surface area contributed by atoms with Crippen molar-refractivity contribution < 1.29 is 8.42 Å². The number of halogens is 1. The van der Waals surface area contributed by atoms with E-state index in [4.69, 9.17) is 11.6 Å². The molecule has 2 heterocycles. The van der Waals surface area contributed by atoms with Crippen LogP contribution in [0.3, 0.4) is 0 Å².